The van der Waals surface area contributed by atoms with Gasteiger partial charge in [-0.3, -0.25) is 19.6 Å². The van der Waals surface area contributed by atoms with Gasteiger partial charge >= 0.3 is 0 Å². The van der Waals surface area contributed by atoms with Gasteiger partial charge in [-0.15, -0.1) is 0 Å². The van der Waals surface area contributed by atoms with Crippen molar-refractivity contribution < 1.29 is 9.59 Å². The highest BCUT2D eigenvalue weighted by Crippen LogP contribution is 2.65. The molecule has 0 unspecified atom stereocenters. The summed E-state index contributed by atoms with van der Waals surface area (Å²) < 4.78 is 0. The van der Waals surface area contributed by atoms with Gasteiger partial charge in [0, 0.05) is 52.8 Å². The molecular formula is C31H38N6O2. The fourth-order valence-electron chi connectivity index (χ4n) is 8.52. The van der Waals surface area contributed by atoms with E-state index in [1.54, 1.807) is 49.1 Å². The van der Waals surface area contributed by atoms with Crippen LogP contribution in [0.5, 0.6) is 0 Å². The van der Waals surface area contributed by atoms with Gasteiger partial charge in [-0.1, -0.05) is 13.8 Å². The zero-order chi connectivity index (χ0) is 27.0. The minimum Gasteiger partial charge on any atom is -0.267 e. The van der Waals surface area contributed by atoms with Crippen molar-refractivity contribution in [3.63, 3.8) is 0 Å². The summed E-state index contributed by atoms with van der Waals surface area (Å²) in [7, 11) is 0. The number of nitrogens with zero attached hydrogens (tertiary/aromatic N) is 4. The highest BCUT2D eigenvalue weighted by Gasteiger charge is 2.59. The van der Waals surface area contributed by atoms with Crippen LogP contribution >= 0.6 is 0 Å². The predicted molar refractivity (Wildman–Crippen MR) is 150 cm³/mol. The third-order valence-corrected chi connectivity index (χ3v) is 10.7. The lowest BCUT2D eigenvalue weighted by Crippen LogP contribution is -2.53. The van der Waals surface area contributed by atoms with E-state index < -0.39 is 0 Å². The fourth-order valence-corrected chi connectivity index (χ4v) is 8.52. The number of pyridine rings is 2. The van der Waals surface area contributed by atoms with Crippen LogP contribution in [0.3, 0.4) is 0 Å². The lowest BCUT2D eigenvalue weighted by atomic mass is 9.45. The van der Waals surface area contributed by atoms with Crippen molar-refractivity contribution in [1.82, 2.24) is 20.8 Å². The molecule has 4 aliphatic rings. The van der Waals surface area contributed by atoms with Crippen molar-refractivity contribution in [3.8, 4) is 0 Å². The molecule has 4 aliphatic carbocycles. The van der Waals surface area contributed by atoms with Crippen LogP contribution in [0.4, 0.5) is 0 Å². The number of carbonyl (C=O) groups is 2. The summed E-state index contributed by atoms with van der Waals surface area (Å²) in [5.41, 5.74) is 9.45. The molecule has 0 radical (unpaired) electrons. The van der Waals surface area contributed by atoms with Crippen LogP contribution in [0.1, 0.15) is 92.4 Å². The molecule has 204 valence electrons. The van der Waals surface area contributed by atoms with Gasteiger partial charge in [-0.05, 0) is 111 Å². The summed E-state index contributed by atoms with van der Waals surface area (Å²) in [5, 5.41) is 9.26. The smallest absolute Gasteiger partial charge is 0.267 e. The second kappa shape index (κ2) is 10.3. The van der Waals surface area contributed by atoms with E-state index in [-0.39, 0.29) is 17.2 Å². The molecule has 6 rings (SSSR count). The van der Waals surface area contributed by atoms with E-state index >= 15 is 0 Å². The van der Waals surface area contributed by atoms with E-state index in [0.29, 0.717) is 40.2 Å². The first-order chi connectivity index (χ1) is 18.9. The number of carbonyl (C=O) groups excluding carboxylic acids is 2. The highest BCUT2D eigenvalue weighted by molar-refractivity contribution is 5.97. The first-order valence-corrected chi connectivity index (χ1v) is 14.4. The minimum atomic E-state index is -0.177. The maximum absolute atomic E-state index is 12.6. The van der Waals surface area contributed by atoms with Crippen LogP contribution < -0.4 is 10.9 Å². The third-order valence-electron chi connectivity index (χ3n) is 10.7. The molecule has 0 aromatic carbocycles. The predicted octanol–water partition coefficient (Wildman–Crippen LogP) is 5.39. The number of hydrogen-bond acceptors (Lipinski definition) is 6. The Kier molecular flexibility index (Phi) is 6.81. The number of hydrazone groups is 2. The second-order valence-corrected chi connectivity index (χ2v) is 12.4. The van der Waals surface area contributed by atoms with Crippen molar-refractivity contribution in [1.29, 1.82) is 0 Å². The van der Waals surface area contributed by atoms with Crippen LogP contribution in [-0.4, -0.2) is 33.2 Å². The standard InChI is InChI=1S/C31H38N6O2/c1-30-13-7-23(34-36-28(38)20-9-15-32-16-10-20)19-22(30)3-4-24-25-5-6-27(31(25,2)14-8-26(24)30)35-37-29(39)21-11-17-33-18-12-21/h9-12,15-18,22,24-26H,3-8,13-14,19H2,1-2H3,(H,36,38)(H,37,39)/t22-,24+,25+,26+,30-,31-/m0/s1. The number of nitrogens with one attached hydrogen (secondary N) is 2. The summed E-state index contributed by atoms with van der Waals surface area (Å²) >= 11 is 0. The van der Waals surface area contributed by atoms with Crippen LogP contribution in [0.2, 0.25) is 0 Å². The van der Waals surface area contributed by atoms with Gasteiger partial charge in [0.15, 0.2) is 0 Å². The number of rotatable bonds is 4. The molecule has 4 fully saturated rings. The summed E-state index contributed by atoms with van der Waals surface area (Å²) in [5.74, 6) is 2.31. The molecule has 2 heterocycles. The quantitative estimate of drug-likeness (QED) is 0.521. The summed E-state index contributed by atoms with van der Waals surface area (Å²) in [4.78, 5) is 33.0. The molecule has 8 heteroatoms. The summed E-state index contributed by atoms with van der Waals surface area (Å²) in [6.45, 7) is 4.92. The van der Waals surface area contributed by atoms with E-state index in [2.05, 4.69) is 39.8 Å². The molecule has 8 nitrogen and oxygen atoms in total. The first-order valence-electron chi connectivity index (χ1n) is 14.4. The largest absolute Gasteiger partial charge is 0.271 e. The number of fused-ring (bicyclic) bond motifs is 5. The van der Waals surface area contributed by atoms with E-state index in [1.807, 2.05) is 0 Å². The van der Waals surface area contributed by atoms with Crippen LogP contribution in [0.25, 0.3) is 0 Å². The summed E-state index contributed by atoms with van der Waals surface area (Å²) in [6, 6.07) is 6.85. The van der Waals surface area contributed by atoms with Crippen molar-refractivity contribution in [2.45, 2.75) is 71.6 Å². The second-order valence-electron chi connectivity index (χ2n) is 12.4. The third kappa shape index (κ3) is 4.68. The minimum absolute atomic E-state index is 0.0639. The van der Waals surface area contributed by atoms with Crippen molar-refractivity contribution >= 4 is 23.2 Å². The molecule has 0 spiro atoms. The molecule has 6 atom stereocenters. The van der Waals surface area contributed by atoms with Gasteiger partial charge in [0.1, 0.15) is 0 Å². The van der Waals surface area contributed by atoms with Gasteiger partial charge in [-0.25, -0.2) is 10.9 Å². The van der Waals surface area contributed by atoms with Gasteiger partial charge in [-0.2, -0.15) is 10.2 Å². The lowest BCUT2D eigenvalue weighted by molar-refractivity contribution is -0.0815. The molecule has 0 aliphatic heterocycles. The topological polar surface area (TPSA) is 109 Å². The van der Waals surface area contributed by atoms with Crippen molar-refractivity contribution in [3.05, 3.63) is 60.2 Å². The molecular weight excluding hydrogens is 488 g/mol. The molecule has 2 N–H and O–H groups in total. The maximum Gasteiger partial charge on any atom is 0.271 e. The van der Waals surface area contributed by atoms with Gasteiger partial charge in [0.05, 0.1) is 0 Å². The van der Waals surface area contributed by atoms with Crippen molar-refractivity contribution in [2.24, 2.45) is 44.7 Å². The monoisotopic (exact) mass is 526 g/mol. The molecule has 4 saturated carbocycles. The van der Waals surface area contributed by atoms with E-state index in [9.17, 15) is 9.59 Å². The Labute approximate surface area is 230 Å². The van der Waals surface area contributed by atoms with Crippen LogP contribution in [-0.2, 0) is 0 Å². The summed E-state index contributed by atoms with van der Waals surface area (Å²) in [6.07, 6.45) is 16.5. The van der Waals surface area contributed by atoms with E-state index in [1.165, 1.54) is 25.0 Å². The van der Waals surface area contributed by atoms with E-state index in [0.717, 1.165) is 44.2 Å². The van der Waals surface area contributed by atoms with Crippen molar-refractivity contribution in [2.75, 3.05) is 0 Å². The van der Waals surface area contributed by atoms with Gasteiger partial charge < -0.3 is 0 Å². The number of amides is 2. The molecule has 39 heavy (non-hydrogen) atoms. The number of aromatic nitrogens is 2. The number of hydrogen-bond donors (Lipinski definition) is 2. The van der Waals surface area contributed by atoms with E-state index in [4.69, 9.17) is 5.10 Å². The Bertz CT molecular complexity index is 1290. The molecule has 2 amide bonds. The van der Waals surface area contributed by atoms with Crippen LogP contribution in [0, 0.1) is 34.5 Å². The maximum atomic E-state index is 12.6. The average molecular weight is 527 g/mol. The zero-order valence-corrected chi connectivity index (χ0v) is 22.9. The Balaban J connectivity index is 1.12. The zero-order valence-electron chi connectivity index (χ0n) is 22.9. The fraction of sp³-hybridized carbons (Fsp3) is 0.548. The molecule has 2 aromatic heterocycles. The Hall–Kier alpha value is -3.42. The van der Waals surface area contributed by atoms with Gasteiger partial charge in [0.25, 0.3) is 11.8 Å². The SMILES string of the molecule is C[C@]12CCC(=NNC(=O)c3ccncc3)C[C@@H]1CC[C@H]1[C@H]2CC[C@]2(C)C(=NNC(=O)c3ccncc3)CC[C@H]12. The molecule has 0 saturated heterocycles. The first kappa shape index (κ1) is 25.8. The normalized spacial score (nSPS) is 35.5. The highest BCUT2D eigenvalue weighted by atomic mass is 16.2. The average Bonchev–Trinajstić information content (AvgIpc) is 3.31. The molecule has 2 aromatic rings. The van der Waals surface area contributed by atoms with Crippen LogP contribution in [0.15, 0.2) is 59.3 Å². The Morgan fingerprint density at radius 3 is 2.10 bits per heavy atom. The molecule has 0 bridgehead atoms. The Morgan fingerprint density at radius 2 is 1.44 bits per heavy atom. The Morgan fingerprint density at radius 1 is 0.795 bits per heavy atom. The van der Waals surface area contributed by atoms with Gasteiger partial charge in [0.2, 0.25) is 0 Å². The lowest BCUT2D eigenvalue weighted by Gasteiger charge is -2.59.